The Morgan fingerprint density at radius 2 is 0.680 bits per heavy atom. The summed E-state index contributed by atoms with van der Waals surface area (Å²) in [6.45, 7) is 4.71. The van der Waals surface area contributed by atoms with Gasteiger partial charge in [-0.2, -0.15) is 44.8 Å². The number of rotatable bonds is 12. The first kappa shape index (κ1) is 98.0. The molecule has 0 unspecified atom stereocenters. The summed E-state index contributed by atoms with van der Waals surface area (Å²) in [4.78, 5) is 100. The number of nitriles is 1. The van der Waals surface area contributed by atoms with Gasteiger partial charge in [-0.3, -0.25) is 49.0 Å². The lowest BCUT2D eigenvalue weighted by atomic mass is 10.0. The van der Waals surface area contributed by atoms with Gasteiger partial charge in [0.2, 0.25) is 0 Å². The lowest BCUT2D eigenvalue weighted by Gasteiger charge is -2.33. The molecule has 9 aliphatic rings. The summed E-state index contributed by atoms with van der Waals surface area (Å²) in [6.07, 6.45) is 0.0436. The van der Waals surface area contributed by atoms with Crippen LogP contribution >= 0.6 is 167 Å². The highest BCUT2D eigenvalue weighted by molar-refractivity contribution is 8.28. The predicted octanol–water partition coefficient (Wildman–Crippen LogP) is 19.6. The molecule has 0 atom stereocenters. The maximum absolute atomic E-state index is 12.8. The molecular formula is C80H63Cl2F9N12O10S12. The lowest BCUT2D eigenvalue weighted by molar-refractivity contribution is -0.385. The Morgan fingerprint density at radius 3 is 0.960 bits per heavy atom. The number of hydrogen-bond donors (Lipinski definition) is 6. The van der Waals surface area contributed by atoms with E-state index in [4.69, 9.17) is 102 Å². The molecule has 45 heteroatoms. The van der Waals surface area contributed by atoms with Crippen molar-refractivity contribution >= 4 is 275 Å². The first-order valence-corrected chi connectivity index (χ1v) is 45.0. The Bertz CT molecular complexity index is 5540. The van der Waals surface area contributed by atoms with Crippen LogP contribution in [0.5, 0.6) is 0 Å². The van der Waals surface area contributed by atoms with Crippen molar-refractivity contribution < 1.29 is 78.1 Å². The van der Waals surface area contributed by atoms with E-state index in [1.807, 2.05) is 11.0 Å². The molecule has 22 nitrogen and oxygen atoms in total. The van der Waals surface area contributed by atoms with Gasteiger partial charge in [-0.15, -0.1) is 0 Å². The molecule has 0 saturated carbocycles. The molecule has 652 valence electrons. The molecule has 9 aliphatic heterocycles. The second-order valence-corrected chi connectivity index (χ2v) is 38.1. The smallest absolute Gasteiger partial charge is 0.370 e. The highest BCUT2D eigenvalue weighted by Crippen LogP contribution is 2.45. The number of piperidine rings is 3. The van der Waals surface area contributed by atoms with E-state index < -0.39 is 45.9 Å². The van der Waals surface area contributed by atoms with Gasteiger partial charge in [-0.1, -0.05) is 203 Å². The molecule has 9 saturated heterocycles. The average molecular weight is 1980 g/mol. The number of alkyl halides is 9. The van der Waals surface area contributed by atoms with E-state index in [1.165, 1.54) is 120 Å². The molecule has 0 bridgehead atoms. The van der Waals surface area contributed by atoms with Crippen LogP contribution in [0.4, 0.5) is 50.9 Å². The van der Waals surface area contributed by atoms with E-state index in [1.54, 1.807) is 60.7 Å². The molecule has 125 heavy (non-hydrogen) atoms. The fourth-order valence-corrected chi connectivity index (χ4v) is 20.0. The summed E-state index contributed by atoms with van der Waals surface area (Å²) >= 11 is 49.5. The highest BCUT2D eigenvalue weighted by atomic mass is 35.5. The molecule has 6 aromatic rings. The molecule has 0 aliphatic carbocycles. The van der Waals surface area contributed by atoms with Crippen LogP contribution in [0.2, 0.25) is 10.0 Å². The van der Waals surface area contributed by atoms with Crippen molar-refractivity contribution in [2.24, 2.45) is 0 Å². The molecule has 0 radical (unpaired) electrons. The van der Waals surface area contributed by atoms with Gasteiger partial charge in [0.1, 0.15) is 40.6 Å². The van der Waals surface area contributed by atoms with Gasteiger partial charge in [-0.25, -0.2) is 0 Å². The summed E-state index contributed by atoms with van der Waals surface area (Å²) in [5.74, 6) is -1.57. The SMILES string of the molecule is N#Cc1ccc(/C=C2\SC(=S)NC2=O)cc1.O=C1NC(=S)S/C1=C(\c1c(Cl)cc(CC(F)(F)F)cc1Cl)N1CCCCC1.O=C1NC(=S)S/C1=C(\c1ccc(C(F)(F)F)cc1)N1CCCCC1.O=C1NC(=S)S/C1=C(\c1ccc([N+](=O)[O-])cc1)N1CCCCC1.O=C1NC(=S)S/C1=C\c1ccc(C(F)(F)F)cc1.O=C1NC(=S)S/C1=C\c1ccc([N+](=O)[O-])cc1. The van der Waals surface area contributed by atoms with Crippen LogP contribution in [-0.2, 0) is 47.5 Å². The molecular weight excluding hydrogens is 1920 g/mol. The molecule has 6 amide bonds. The second-order valence-electron chi connectivity index (χ2n) is 27.1. The van der Waals surface area contributed by atoms with Gasteiger partial charge in [0, 0.05) is 69.1 Å². The molecule has 9 heterocycles. The van der Waals surface area contributed by atoms with E-state index in [-0.39, 0.29) is 62.4 Å². The zero-order valence-corrected chi connectivity index (χ0v) is 75.4. The number of nitrogens with zero attached hydrogens (tertiary/aromatic N) is 6. The first-order chi connectivity index (χ1) is 59.2. The van der Waals surface area contributed by atoms with Crippen molar-refractivity contribution in [3.8, 4) is 6.07 Å². The quantitative estimate of drug-likeness (QED) is 0.0218. The normalized spacial score (nSPS) is 19.3. The van der Waals surface area contributed by atoms with Crippen LogP contribution in [0.15, 0.2) is 163 Å². The molecule has 9 fully saturated rings. The fourth-order valence-electron chi connectivity index (χ4n) is 12.7. The number of amides is 6. The number of nitro benzene ring substituents is 2. The van der Waals surface area contributed by atoms with Crippen LogP contribution < -0.4 is 31.9 Å². The lowest BCUT2D eigenvalue weighted by Crippen LogP contribution is -2.30. The fraction of sp³-hybridized carbons (Fsp3) is 0.237. The van der Waals surface area contributed by atoms with Crippen LogP contribution in [0, 0.1) is 31.6 Å². The third-order valence-electron chi connectivity index (χ3n) is 18.3. The maximum atomic E-state index is 12.8. The predicted molar refractivity (Wildman–Crippen MR) is 497 cm³/mol. The number of nitro groups is 2. The molecule has 15 rings (SSSR count). The van der Waals surface area contributed by atoms with Gasteiger partial charge < -0.3 is 46.6 Å². The minimum atomic E-state index is -4.38. The summed E-state index contributed by atoms with van der Waals surface area (Å²) < 4.78 is 116. The van der Waals surface area contributed by atoms with Crippen molar-refractivity contribution in [2.75, 3.05) is 39.3 Å². The number of carbonyl (C=O) groups excluding carboxylic acids is 6. The van der Waals surface area contributed by atoms with Crippen molar-refractivity contribution in [3.05, 3.63) is 249 Å². The Morgan fingerprint density at radius 1 is 0.408 bits per heavy atom. The number of nitrogens with one attached hydrogen (secondary N) is 6. The first-order valence-electron chi connectivity index (χ1n) is 36.9. The van der Waals surface area contributed by atoms with Crippen molar-refractivity contribution in [1.82, 2.24) is 46.6 Å². The van der Waals surface area contributed by atoms with Crippen LogP contribution in [0.25, 0.3) is 35.3 Å². The number of thioether (sulfide) groups is 6. The molecule has 6 aromatic carbocycles. The molecule has 6 N–H and O–H groups in total. The largest absolute Gasteiger partial charge is 0.416 e. The number of carbonyl (C=O) groups is 6. The van der Waals surface area contributed by atoms with E-state index in [0.717, 1.165) is 148 Å². The van der Waals surface area contributed by atoms with Crippen LogP contribution in [0.3, 0.4) is 0 Å². The summed E-state index contributed by atoms with van der Waals surface area (Å²) in [7, 11) is 0. The standard InChI is InChI=1S/C17H15Cl2F3N2OS2.C16H15F3N2OS2.C15H15N3O3S2.C11H6F3NOS2.C11H6N2OS2.C10H6N2O3S2/c18-10-6-9(8-17(20,21)22)7-11(19)12(10)13(24-4-2-1-3-5-24)14-15(25)23-16(26)27-14;17-16(18,19)11-6-4-10(5-7-11)12(21-8-2-1-3-9-21)13-14(22)20-15(23)24-13;19-14-13(23-15(22)16-14)12(17-8-2-1-3-9-17)10-4-6-11(7-5-10)18(20)21;12-11(13,14)7-3-1-6(2-4-7)5-8-9(16)15-10(17)18-8;12-6-8-3-1-7(2-4-8)5-9-10(14)13-11(15)16-9;13-9-8(17-10(16)11-9)5-6-1-3-7(4-2-6)12(14)15/h6-7H,1-5,8H2,(H,23,25,26);4-7H,1-3,8-9H2,(H,20,22,23);4-7H,1-3,8-9H2,(H,16,19,22);1-5H,(H,15,16,17);1-5H,(H,13,14,15);1-5H,(H,11,13,16)/b14-13+;2*13-12+;8-5-;9-5-;8-5-. The van der Waals surface area contributed by atoms with E-state index in [9.17, 15) is 88.5 Å². The zero-order valence-electron chi connectivity index (χ0n) is 64.1. The maximum Gasteiger partial charge on any atom is 0.416 e. The minimum Gasteiger partial charge on any atom is -0.370 e. The molecule has 0 aromatic heterocycles. The van der Waals surface area contributed by atoms with E-state index in [2.05, 4.69) is 41.7 Å². The van der Waals surface area contributed by atoms with Gasteiger partial charge >= 0.3 is 18.5 Å². The summed E-state index contributed by atoms with van der Waals surface area (Å²) in [5.41, 5.74) is 5.13. The Balaban J connectivity index is 0.000000158. The van der Waals surface area contributed by atoms with Crippen LogP contribution in [-0.4, -0.2) is 131 Å². The molecule has 0 spiro atoms. The number of thiocarbonyl (C=S) groups is 6. The Hall–Kier alpha value is -9.14. The van der Waals surface area contributed by atoms with E-state index in [0.29, 0.717) is 102 Å². The number of benzene rings is 6. The number of hydrogen-bond acceptors (Lipinski definition) is 26. The van der Waals surface area contributed by atoms with Gasteiger partial charge in [-0.05, 0) is 182 Å². The summed E-state index contributed by atoms with van der Waals surface area (Å²) in [6, 6.07) is 33.4. The third-order valence-corrected chi connectivity index (χ3v) is 26.0. The topological polar surface area (TPSA) is 294 Å². The average Bonchev–Trinajstić information content (AvgIpc) is 1.63. The van der Waals surface area contributed by atoms with E-state index >= 15 is 0 Å². The minimum absolute atomic E-state index is 0.0196. The third kappa shape index (κ3) is 28.2. The Labute approximate surface area is 775 Å². The van der Waals surface area contributed by atoms with Crippen molar-refractivity contribution in [2.45, 2.75) is 82.7 Å². The van der Waals surface area contributed by atoms with Gasteiger partial charge in [0.15, 0.2) is 0 Å². The van der Waals surface area contributed by atoms with Gasteiger partial charge in [0.25, 0.3) is 46.8 Å². The monoisotopic (exact) mass is 1980 g/mol. The highest BCUT2D eigenvalue weighted by Gasteiger charge is 2.38. The second kappa shape index (κ2) is 44.5. The summed E-state index contributed by atoms with van der Waals surface area (Å²) in [5, 5.41) is 45.4. The van der Waals surface area contributed by atoms with Crippen LogP contribution in [0.1, 0.15) is 113 Å². The number of halogens is 11. The van der Waals surface area contributed by atoms with Crippen molar-refractivity contribution in [3.63, 3.8) is 0 Å². The van der Waals surface area contributed by atoms with Gasteiger partial charge in [0.05, 0.1) is 80.9 Å². The van der Waals surface area contributed by atoms with Crippen molar-refractivity contribution in [1.29, 1.82) is 5.26 Å². The number of non-ortho nitro benzene ring substituents is 2. The Kier molecular flexibility index (Phi) is 34.9. The number of likely N-dealkylation sites (tertiary alicyclic amines) is 3. The zero-order chi connectivity index (χ0) is 90.8.